The average molecular weight is 419 g/mol. The zero-order valence-electron chi connectivity index (χ0n) is 17.5. The Balaban J connectivity index is 2.22. The van der Waals surface area contributed by atoms with Gasteiger partial charge in [0, 0.05) is 13.2 Å². The zero-order valence-corrected chi connectivity index (χ0v) is 18.3. The van der Waals surface area contributed by atoms with Gasteiger partial charge in [-0.25, -0.2) is 8.42 Å². The Bertz CT molecular complexity index is 912. The van der Waals surface area contributed by atoms with Crippen LogP contribution in [0, 0.1) is 13.8 Å². The number of rotatable bonds is 10. The molecule has 6 nitrogen and oxygen atoms in total. The van der Waals surface area contributed by atoms with E-state index in [0.717, 1.165) is 11.1 Å². The number of sulfonamides is 1. The minimum Gasteiger partial charge on any atom is -0.379 e. The molecule has 158 valence electrons. The van der Waals surface area contributed by atoms with Crippen LogP contribution >= 0.6 is 0 Å². The molecule has 0 bridgehead atoms. The smallest absolute Gasteiger partial charge is 0.264 e. The molecule has 0 fully saturated rings. The highest BCUT2D eigenvalue weighted by Crippen LogP contribution is 2.28. The number of anilines is 1. The molecule has 0 aromatic heterocycles. The first-order valence-corrected chi connectivity index (χ1v) is 11.2. The second-order valence-corrected chi connectivity index (χ2v) is 9.03. The largest absolute Gasteiger partial charge is 0.379 e. The van der Waals surface area contributed by atoms with Crippen LogP contribution in [0.5, 0.6) is 0 Å². The lowest BCUT2D eigenvalue weighted by molar-refractivity contribution is -0.119. The van der Waals surface area contributed by atoms with Gasteiger partial charge in [0.25, 0.3) is 10.0 Å². The van der Waals surface area contributed by atoms with Crippen LogP contribution in [0.4, 0.5) is 5.69 Å². The van der Waals surface area contributed by atoms with E-state index in [-0.39, 0.29) is 23.5 Å². The number of hydrogen-bond acceptors (Lipinski definition) is 4. The number of benzene rings is 2. The first-order valence-electron chi connectivity index (χ1n) is 9.75. The van der Waals surface area contributed by atoms with Gasteiger partial charge in [-0.05, 0) is 63.4 Å². The zero-order chi connectivity index (χ0) is 21.4. The summed E-state index contributed by atoms with van der Waals surface area (Å²) >= 11 is 0. The maximum atomic E-state index is 13.3. The highest BCUT2D eigenvalue weighted by atomic mass is 32.2. The van der Waals surface area contributed by atoms with Gasteiger partial charge in [0.15, 0.2) is 0 Å². The Morgan fingerprint density at radius 2 is 1.76 bits per heavy atom. The van der Waals surface area contributed by atoms with E-state index in [1.54, 1.807) is 30.3 Å². The second kappa shape index (κ2) is 10.4. The third-order valence-corrected chi connectivity index (χ3v) is 6.33. The van der Waals surface area contributed by atoms with E-state index in [2.05, 4.69) is 5.32 Å². The molecule has 7 heteroatoms. The summed E-state index contributed by atoms with van der Waals surface area (Å²) in [5, 5.41) is 2.79. The van der Waals surface area contributed by atoms with Crippen molar-refractivity contribution in [2.45, 2.75) is 45.1 Å². The molecule has 2 aromatic rings. The van der Waals surface area contributed by atoms with Crippen molar-refractivity contribution in [3.8, 4) is 0 Å². The summed E-state index contributed by atoms with van der Waals surface area (Å²) in [4.78, 5) is 12.7. The molecule has 0 radical (unpaired) electrons. The molecule has 0 aliphatic carbocycles. The van der Waals surface area contributed by atoms with Crippen molar-refractivity contribution in [3.05, 3.63) is 59.7 Å². The molecule has 0 spiro atoms. The Hall–Kier alpha value is -2.38. The van der Waals surface area contributed by atoms with Crippen LogP contribution in [-0.4, -0.2) is 40.1 Å². The SMILES string of the molecule is Cc1cccc(N(CC(=O)NCCCOC(C)C)S(=O)(=O)c2ccccc2)c1C. The number of ether oxygens (including phenoxy) is 1. The van der Waals surface area contributed by atoms with Crippen LogP contribution in [0.3, 0.4) is 0 Å². The highest BCUT2D eigenvalue weighted by molar-refractivity contribution is 7.92. The predicted molar refractivity (Wildman–Crippen MR) is 116 cm³/mol. The first kappa shape index (κ1) is 22.9. The van der Waals surface area contributed by atoms with Gasteiger partial charge in [0.1, 0.15) is 6.54 Å². The van der Waals surface area contributed by atoms with Crippen molar-refractivity contribution >= 4 is 21.6 Å². The van der Waals surface area contributed by atoms with E-state index in [1.807, 2.05) is 33.8 Å². The number of carbonyl (C=O) groups is 1. The minimum atomic E-state index is -3.89. The lowest BCUT2D eigenvalue weighted by Gasteiger charge is -2.26. The van der Waals surface area contributed by atoms with Crippen LogP contribution in [0.15, 0.2) is 53.4 Å². The van der Waals surface area contributed by atoms with E-state index in [4.69, 9.17) is 4.74 Å². The van der Waals surface area contributed by atoms with Crippen LogP contribution in [0.25, 0.3) is 0 Å². The second-order valence-electron chi connectivity index (χ2n) is 7.17. The molecule has 29 heavy (non-hydrogen) atoms. The van der Waals surface area contributed by atoms with Gasteiger partial charge < -0.3 is 10.1 Å². The summed E-state index contributed by atoms with van der Waals surface area (Å²) in [5.74, 6) is -0.352. The summed E-state index contributed by atoms with van der Waals surface area (Å²) in [5.41, 5.74) is 2.29. The molecule has 2 rings (SSSR count). The monoisotopic (exact) mass is 418 g/mol. The molecule has 0 saturated heterocycles. The van der Waals surface area contributed by atoms with Crippen molar-refractivity contribution in [2.75, 3.05) is 24.0 Å². The summed E-state index contributed by atoms with van der Waals surface area (Å²) in [6.07, 6.45) is 0.806. The molecule has 1 N–H and O–H groups in total. The van der Waals surface area contributed by atoms with Crippen molar-refractivity contribution in [2.24, 2.45) is 0 Å². The predicted octanol–water partition coefficient (Wildman–Crippen LogP) is 3.43. The fourth-order valence-corrected chi connectivity index (χ4v) is 4.33. The third-order valence-electron chi connectivity index (χ3n) is 4.56. The third kappa shape index (κ3) is 6.30. The number of hydrogen-bond donors (Lipinski definition) is 1. The Morgan fingerprint density at radius 3 is 2.41 bits per heavy atom. The Labute approximate surface area is 173 Å². The molecular formula is C22H30N2O4S. The van der Waals surface area contributed by atoms with Crippen molar-refractivity contribution in [1.82, 2.24) is 5.32 Å². The molecular weight excluding hydrogens is 388 g/mol. The van der Waals surface area contributed by atoms with Crippen LogP contribution in [-0.2, 0) is 19.6 Å². The van der Waals surface area contributed by atoms with E-state index < -0.39 is 10.0 Å². The molecule has 0 atom stereocenters. The van der Waals surface area contributed by atoms with E-state index in [1.165, 1.54) is 16.4 Å². The van der Waals surface area contributed by atoms with Crippen LogP contribution in [0.1, 0.15) is 31.4 Å². The fourth-order valence-electron chi connectivity index (χ4n) is 2.83. The van der Waals surface area contributed by atoms with Gasteiger partial charge in [-0.3, -0.25) is 9.10 Å². The van der Waals surface area contributed by atoms with Crippen LogP contribution in [0.2, 0.25) is 0 Å². The topological polar surface area (TPSA) is 75.7 Å². The van der Waals surface area contributed by atoms with Crippen molar-refractivity contribution in [3.63, 3.8) is 0 Å². The standard InChI is InChI=1S/C22H30N2O4S/c1-17(2)28-15-9-14-23-22(25)16-24(21-13-8-10-18(3)19(21)4)29(26,27)20-11-6-5-7-12-20/h5-8,10-13,17H,9,14-16H2,1-4H3,(H,23,25). The van der Waals surface area contributed by atoms with Gasteiger partial charge in [-0.1, -0.05) is 30.3 Å². The quantitative estimate of drug-likeness (QED) is 0.600. The lowest BCUT2D eigenvalue weighted by Crippen LogP contribution is -2.41. The van der Waals surface area contributed by atoms with Crippen molar-refractivity contribution < 1.29 is 17.9 Å². The number of nitrogens with zero attached hydrogens (tertiary/aromatic N) is 1. The van der Waals surface area contributed by atoms with Gasteiger partial charge >= 0.3 is 0 Å². The first-order chi connectivity index (χ1) is 13.7. The summed E-state index contributed by atoms with van der Waals surface area (Å²) in [7, 11) is -3.89. The average Bonchev–Trinajstić information content (AvgIpc) is 2.68. The molecule has 2 aromatic carbocycles. The van der Waals surface area contributed by atoms with Crippen LogP contribution < -0.4 is 9.62 Å². The maximum Gasteiger partial charge on any atom is 0.264 e. The Kier molecular flexibility index (Phi) is 8.22. The molecule has 0 heterocycles. The highest BCUT2D eigenvalue weighted by Gasteiger charge is 2.28. The molecule has 1 amide bonds. The van der Waals surface area contributed by atoms with E-state index in [9.17, 15) is 13.2 Å². The van der Waals surface area contributed by atoms with Gasteiger partial charge in [0.2, 0.25) is 5.91 Å². The summed E-state index contributed by atoms with van der Waals surface area (Å²) < 4.78 is 33.3. The molecule has 0 unspecified atom stereocenters. The fraction of sp³-hybridized carbons (Fsp3) is 0.409. The van der Waals surface area contributed by atoms with Gasteiger partial charge in [-0.2, -0.15) is 0 Å². The van der Waals surface area contributed by atoms with E-state index >= 15 is 0 Å². The Morgan fingerprint density at radius 1 is 1.07 bits per heavy atom. The molecule has 0 saturated carbocycles. The molecule has 0 aliphatic heterocycles. The van der Waals surface area contributed by atoms with Gasteiger partial charge in [0.05, 0.1) is 16.7 Å². The number of amides is 1. The number of nitrogens with one attached hydrogen (secondary N) is 1. The number of carbonyl (C=O) groups excluding carboxylic acids is 1. The number of aryl methyl sites for hydroxylation is 1. The maximum absolute atomic E-state index is 13.3. The normalized spacial score (nSPS) is 11.5. The minimum absolute atomic E-state index is 0.140. The summed E-state index contributed by atoms with van der Waals surface area (Å²) in [6, 6.07) is 13.6. The summed E-state index contributed by atoms with van der Waals surface area (Å²) in [6.45, 7) is 8.37. The van der Waals surface area contributed by atoms with Gasteiger partial charge in [-0.15, -0.1) is 0 Å². The van der Waals surface area contributed by atoms with E-state index in [0.29, 0.717) is 25.3 Å². The molecule has 0 aliphatic rings. The lowest BCUT2D eigenvalue weighted by atomic mass is 10.1. The van der Waals surface area contributed by atoms with Crippen molar-refractivity contribution in [1.29, 1.82) is 0 Å².